The molecule has 0 aliphatic carbocycles. The van der Waals surface area contributed by atoms with Crippen molar-refractivity contribution >= 4 is 5.91 Å². The molecule has 1 heterocycles. The van der Waals surface area contributed by atoms with Gasteiger partial charge >= 0.3 is 0 Å². The number of amides is 1. The number of carbonyl (C=O) groups excluding carboxylic acids is 1. The van der Waals surface area contributed by atoms with Gasteiger partial charge in [0.05, 0.1) is 18.2 Å². The van der Waals surface area contributed by atoms with Gasteiger partial charge in [0.25, 0.3) is 5.91 Å². The highest BCUT2D eigenvalue weighted by Crippen LogP contribution is 2.15. The Morgan fingerprint density at radius 3 is 3.05 bits per heavy atom. The molecule has 0 aromatic heterocycles. The van der Waals surface area contributed by atoms with Crippen LogP contribution in [0.3, 0.4) is 0 Å². The summed E-state index contributed by atoms with van der Waals surface area (Å²) >= 11 is 0. The summed E-state index contributed by atoms with van der Waals surface area (Å²) in [6.07, 6.45) is 3.06. The Morgan fingerprint density at radius 2 is 2.38 bits per heavy atom. The van der Waals surface area contributed by atoms with Gasteiger partial charge in [0.15, 0.2) is 0 Å². The predicted octanol–water partition coefficient (Wildman–Crippen LogP) is 1.43. The van der Waals surface area contributed by atoms with E-state index in [2.05, 4.69) is 17.2 Å². The lowest BCUT2D eigenvalue weighted by atomic mass is 10.1. The third-order valence-electron chi connectivity index (χ3n) is 3.32. The summed E-state index contributed by atoms with van der Waals surface area (Å²) in [7, 11) is 0. The summed E-state index contributed by atoms with van der Waals surface area (Å²) in [6, 6.07) is 4.30. The van der Waals surface area contributed by atoms with Gasteiger partial charge in [-0.05, 0) is 37.5 Å². The molecule has 3 N–H and O–H groups in total. The Labute approximate surface area is 123 Å². The number of benzene rings is 1. The molecule has 1 amide bonds. The lowest BCUT2D eigenvalue weighted by Gasteiger charge is -2.10. The lowest BCUT2D eigenvalue weighted by molar-refractivity contribution is 0.0904. The van der Waals surface area contributed by atoms with Crippen molar-refractivity contribution in [1.29, 1.82) is 0 Å². The van der Waals surface area contributed by atoms with Crippen molar-refractivity contribution in [3.05, 3.63) is 35.1 Å². The van der Waals surface area contributed by atoms with Gasteiger partial charge in [-0.15, -0.1) is 0 Å². The van der Waals surface area contributed by atoms with E-state index in [4.69, 9.17) is 10.5 Å². The van der Waals surface area contributed by atoms with Crippen LogP contribution >= 0.6 is 0 Å². The monoisotopic (exact) mass is 290 g/mol. The van der Waals surface area contributed by atoms with Crippen molar-refractivity contribution in [2.24, 2.45) is 5.73 Å². The van der Waals surface area contributed by atoms with Crippen LogP contribution in [-0.4, -0.2) is 31.7 Å². The van der Waals surface area contributed by atoms with Gasteiger partial charge in [0.1, 0.15) is 5.82 Å². The maximum atomic E-state index is 13.9. The molecule has 2 rings (SSSR count). The fourth-order valence-corrected chi connectivity index (χ4v) is 2.24. The van der Waals surface area contributed by atoms with E-state index in [0.29, 0.717) is 12.1 Å². The van der Waals surface area contributed by atoms with Crippen LogP contribution in [0.4, 0.5) is 4.39 Å². The quantitative estimate of drug-likeness (QED) is 0.825. The SMILES string of the molecule is NCC#Cc1ccc(C(=O)NCCC2CCCO2)c(F)c1. The third-order valence-corrected chi connectivity index (χ3v) is 3.32. The number of halogens is 1. The van der Waals surface area contributed by atoms with E-state index in [0.717, 1.165) is 25.9 Å². The fourth-order valence-electron chi connectivity index (χ4n) is 2.24. The molecular weight excluding hydrogens is 271 g/mol. The summed E-state index contributed by atoms with van der Waals surface area (Å²) in [6.45, 7) is 1.49. The number of ether oxygens (including phenoxy) is 1. The average Bonchev–Trinajstić information content (AvgIpc) is 2.98. The number of carbonyl (C=O) groups is 1. The third kappa shape index (κ3) is 4.55. The highest BCUT2D eigenvalue weighted by Gasteiger charge is 2.16. The van der Waals surface area contributed by atoms with E-state index >= 15 is 0 Å². The van der Waals surface area contributed by atoms with Crippen molar-refractivity contribution < 1.29 is 13.9 Å². The van der Waals surface area contributed by atoms with Crippen molar-refractivity contribution in [2.45, 2.75) is 25.4 Å². The Kier molecular flexibility index (Phi) is 5.73. The van der Waals surface area contributed by atoms with Crippen molar-refractivity contribution in [1.82, 2.24) is 5.32 Å². The molecule has 0 radical (unpaired) electrons. The molecule has 1 unspecified atom stereocenters. The minimum atomic E-state index is -0.576. The summed E-state index contributed by atoms with van der Waals surface area (Å²) < 4.78 is 19.3. The second kappa shape index (κ2) is 7.77. The molecule has 0 spiro atoms. The van der Waals surface area contributed by atoms with E-state index in [1.165, 1.54) is 12.1 Å². The highest BCUT2D eigenvalue weighted by molar-refractivity contribution is 5.94. The topological polar surface area (TPSA) is 64.4 Å². The number of nitrogens with one attached hydrogen (secondary N) is 1. The normalized spacial score (nSPS) is 17.1. The molecule has 0 saturated carbocycles. The average molecular weight is 290 g/mol. The minimum Gasteiger partial charge on any atom is -0.378 e. The molecule has 1 atom stereocenters. The van der Waals surface area contributed by atoms with E-state index in [1.54, 1.807) is 6.07 Å². The molecule has 1 aromatic carbocycles. The van der Waals surface area contributed by atoms with Crippen LogP contribution in [0.15, 0.2) is 18.2 Å². The van der Waals surface area contributed by atoms with Crippen LogP contribution in [0.1, 0.15) is 35.2 Å². The molecule has 1 saturated heterocycles. The van der Waals surface area contributed by atoms with Crippen LogP contribution in [0.2, 0.25) is 0 Å². The molecular formula is C16H19FN2O2. The van der Waals surface area contributed by atoms with Gasteiger partial charge in [0, 0.05) is 18.7 Å². The Morgan fingerprint density at radius 1 is 1.52 bits per heavy atom. The Bertz CT molecular complexity index is 557. The first kappa shape index (κ1) is 15.5. The van der Waals surface area contributed by atoms with Crippen molar-refractivity contribution in [3.8, 4) is 11.8 Å². The smallest absolute Gasteiger partial charge is 0.254 e. The summed E-state index contributed by atoms with van der Waals surface area (Å²) in [5.74, 6) is 4.38. The molecule has 112 valence electrons. The van der Waals surface area contributed by atoms with Crippen molar-refractivity contribution in [3.63, 3.8) is 0 Å². The Hall–Kier alpha value is -1.90. The first-order chi connectivity index (χ1) is 10.2. The second-order valence-electron chi connectivity index (χ2n) is 4.88. The number of nitrogens with two attached hydrogens (primary N) is 1. The zero-order valence-corrected chi connectivity index (χ0v) is 11.8. The number of rotatable bonds is 4. The number of hydrogen-bond acceptors (Lipinski definition) is 3. The predicted molar refractivity (Wildman–Crippen MR) is 78.3 cm³/mol. The van der Waals surface area contributed by atoms with Crippen LogP contribution in [0.25, 0.3) is 0 Å². The summed E-state index contributed by atoms with van der Waals surface area (Å²) in [4.78, 5) is 11.9. The van der Waals surface area contributed by atoms with Crippen LogP contribution < -0.4 is 11.1 Å². The van der Waals surface area contributed by atoms with Crippen LogP contribution in [0.5, 0.6) is 0 Å². The molecule has 1 aromatic rings. The lowest BCUT2D eigenvalue weighted by Crippen LogP contribution is -2.27. The highest BCUT2D eigenvalue weighted by atomic mass is 19.1. The fraction of sp³-hybridized carbons (Fsp3) is 0.438. The maximum absolute atomic E-state index is 13.9. The molecule has 1 aliphatic rings. The molecule has 0 bridgehead atoms. The van der Waals surface area contributed by atoms with Gasteiger partial charge in [-0.1, -0.05) is 11.8 Å². The summed E-state index contributed by atoms with van der Waals surface area (Å²) in [5, 5.41) is 2.71. The van der Waals surface area contributed by atoms with E-state index in [-0.39, 0.29) is 18.2 Å². The van der Waals surface area contributed by atoms with Gasteiger partial charge < -0.3 is 15.8 Å². The van der Waals surface area contributed by atoms with E-state index < -0.39 is 11.7 Å². The zero-order chi connectivity index (χ0) is 15.1. The molecule has 1 fully saturated rings. The second-order valence-corrected chi connectivity index (χ2v) is 4.88. The first-order valence-electron chi connectivity index (χ1n) is 7.09. The summed E-state index contributed by atoms with van der Waals surface area (Å²) in [5.41, 5.74) is 5.79. The molecule has 4 nitrogen and oxygen atoms in total. The molecule has 5 heteroatoms. The Balaban J connectivity index is 1.89. The van der Waals surface area contributed by atoms with Gasteiger partial charge in [-0.3, -0.25) is 4.79 Å². The van der Waals surface area contributed by atoms with Gasteiger partial charge in [-0.25, -0.2) is 4.39 Å². The maximum Gasteiger partial charge on any atom is 0.254 e. The largest absolute Gasteiger partial charge is 0.378 e. The van der Waals surface area contributed by atoms with Crippen LogP contribution in [0, 0.1) is 17.7 Å². The standard InChI is InChI=1S/C16H19FN2O2/c17-15-11-12(3-1-8-18)5-6-14(15)16(20)19-9-7-13-4-2-10-21-13/h5-6,11,13H,2,4,7-10,18H2,(H,19,20). The van der Waals surface area contributed by atoms with Crippen LogP contribution in [-0.2, 0) is 4.74 Å². The van der Waals surface area contributed by atoms with Crippen molar-refractivity contribution in [2.75, 3.05) is 19.7 Å². The van der Waals surface area contributed by atoms with Gasteiger partial charge in [-0.2, -0.15) is 0 Å². The van der Waals surface area contributed by atoms with E-state index in [9.17, 15) is 9.18 Å². The van der Waals surface area contributed by atoms with E-state index in [1.807, 2.05) is 0 Å². The number of hydrogen-bond donors (Lipinski definition) is 2. The molecule has 21 heavy (non-hydrogen) atoms. The molecule has 1 aliphatic heterocycles. The first-order valence-corrected chi connectivity index (χ1v) is 7.09. The zero-order valence-electron chi connectivity index (χ0n) is 11.8. The van der Waals surface area contributed by atoms with Gasteiger partial charge in [0.2, 0.25) is 0 Å². The minimum absolute atomic E-state index is 0.0284.